The number of carbonyl (C=O) groups is 1. The van der Waals surface area contributed by atoms with Gasteiger partial charge in [0.25, 0.3) is 0 Å². The minimum absolute atomic E-state index is 0.0292. The second-order valence-electron chi connectivity index (χ2n) is 8.23. The first-order chi connectivity index (χ1) is 15.6. The molecule has 3 heterocycles. The van der Waals surface area contributed by atoms with Gasteiger partial charge in [0.05, 0.1) is 30.8 Å². The number of benzene rings is 1. The van der Waals surface area contributed by atoms with Crippen LogP contribution in [0.2, 0.25) is 0 Å². The highest BCUT2D eigenvalue weighted by Crippen LogP contribution is 2.33. The number of ether oxygens (including phenoxy) is 1. The number of rotatable bonds is 7. The Hall–Kier alpha value is -3.60. The number of anilines is 1. The Labute approximate surface area is 188 Å². The molecule has 32 heavy (non-hydrogen) atoms. The summed E-state index contributed by atoms with van der Waals surface area (Å²) in [5.74, 6) is 1.53. The van der Waals surface area contributed by atoms with Gasteiger partial charge in [-0.15, -0.1) is 0 Å². The molecular weight excluding hydrogens is 404 g/mol. The fourth-order valence-corrected chi connectivity index (χ4v) is 3.72. The Kier molecular flexibility index (Phi) is 6.55. The second-order valence-corrected chi connectivity index (χ2v) is 8.23. The number of likely N-dealkylation sites (tertiary alicyclic amines) is 1. The highest BCUT2D eigenvalue weighted by molar-refractivity contribution is 5.76. The van der Waals surface area contributed by atoms with Gasteiger partial charge in [0, 0.05) is 25.5 Å². The van der Waals surface area contributed by atoms with Crippen molar-refractivity contribution in [2.24, 2.45) is 4.99 Å². The number of aryl methyl sites for hydroxylation is 1. The van der Waals surface area contributed by atoms with Crippen molar-refractivity contribution in [2.75, 3.05) is 31.1 Å². The summed E-state index contributed by atoms with van der Waals surface area (Å²) in [5, 5.41) is 12.1. The molecule has 1 aromatic carbocycles. The van der Waals surface area contributed by atoms with Crippen molar-refractivity contribution >= 4 is 23.8 Å². The number of hydrogen-bond donors (Lipinski definition) is 1. The van der Waals surface area contributed by atoms with Crippen LogP contribution in [0.15, 0.2) is 41.5 Å². The van der Waals surface area contributed by atoms with Crippen LogP contribution in [0.3, 0.4) is 0 Å². The zero-order valence-electron chi connectivity index (χ0n) is 18.5. The molecule has 2 fully saturated rings. The number of pyridine rings is 1. The van der Waals surface area contributed by atoms with E-state index in [1.54, 1.807) is 23.2 Å². The SMILES string of the molecule is CCCC=Nc1c(C)cccc1OC1CN(C(=O)NC2CN(c3cc(C#N)ccn3)C2)C1. The van der Waals surface area contributed by atoms with Crippen LogP contribution in [0.4, 0.5) is 16.3 Å². The predicted molar refractivity (Wildman–Crippen MR) is 124 cm³/mol. The molecular formula is C24H28N6O2. The molecule has 0 aliphatic carbocycles. The lowest BCUT2D eigenvalue weighted by Gasteiger charge is -2.44. The van der Waals surface area contributed by atoms with Crippen LogP contribution in [0.1, 0.15) is 30.9 Å². The van der Waals surface area contributed by atoms with Crippen LogP contribution >= 0.6 is 0 Å². The van der Waals surface area contributed by atoms with Gasteiger partial charge in [-0.3, -0.25) is 4.99 Å². The number of hydrogen-bond acceptors (Lipinski definition) is 6. The maximum absolute atomic E-state index is 12.5. The topological polar surface area (TPSA) is 93.9 Å². The van der Waals surface area contributed by atoms with Crippen LogP contribution in [0.5, 0.6) is 5.75 Å². The first-order valence-electron chi connectivity index (χ1n) is 11.0. The Balaban J connectivity index is 1.23. The summed E-state index contributed by atoms with van der Waals surface area (Å²) in [6.45, 7) is 6.63. The average Bonchev–Trinajstić information content (AvgIpc) is 2.74. The third-order valence-electron chi connectivity index (χ3n) is 5.68. The molecule has 1 aromatic heterocycles. The molecule has 2 aromatic rings. The minimum atomic E-state index is -0.0707. The third-order valence-corrected chi connectivity index (χ3v) is 5.68. The van der Waals surface area contributed by atoms with E-state index in [1.807, 2.05) is 36.2 Å². The number of carbonyl (C=O) groups excluding carboxylic acids is 1. The molecule has 8 heteroatoms. The molecule has 0 spiro atoms. The average molecular weight is 433 g/mol. The van der Waals surface area contributed by atoms with E-state index < -0.39 is 0 Å². The largest absolute Gasteiger partial charge is 0.484 e. The Bertz CT molecular complexity index is 1040. The molecule has 166 valence electrons. The van der Waals surface area contributed by atoms with Gasteiger partial charge < -0.3 is 19.9 Å². The summed E-state index contributed by atoms with van der Waals surface area (Å²) in [4.78, 5) is 25.2. The van der Waals surface area contributed by atoms with E-state index in [0.717, 1.165) is 35.7 Å². The normalized spacial score (nSPS) is 16.4. The van der Waals surface area contributed by atoms with E-state index in [0.29, 0.717) is 31.7 Å². The van der Waals surface area contributed by atoms with E-state index in [-0.39, 0.29) is 18.2 Å². The third kappa shape index (κ3) is 4.83. The molecule has 2 saturated heterocycles. The van der Waals surface area contributed by atoms with Gasteiger partial charge in [0.2, 0.25) is 0 Å². The molecule has 2 amide bonds. The number of nitrogens with zero attached hydrogens (tertiary/aromatic N) is 5. The molecule has 2 aliphatic heterocycles. The minimum Gasteiger partial charge on any atom is -0.484 e. The molecule has 4 rings (SSSR count). The summed E-state index contributed by atoms with van der Waals surface area (Å²) in [6, 6.07) is 11.5. The van der Waals surface area contributed by atoms with Crippen LogP contribution in [-0.2, 0) is 0 Å². The summed E-state index contributed by atoms with van der Waals surface area (Å²) in [5.41, 5.74) is 2.53. The van der Waals surface area contributed by atoms with Gasteiger partial charge in [-0.1, -0.05) is 25.5 Å². The van der Waals surface area contributed by atoms with E-state index in [4.69, 9.17) is 10.00 Å². The van der Waals surface area contributed by atoms with Gasteiger partial charge in [-0.2, -0.15) is 5.26 Å². The zero-order chi connectivity index (χ0) is 22.5. The quantitative estimate of drug-likeness (QED) is 0.677. The van der Waals surface area contributed by atoms with Gasteiger partial charge >= 0.3 is 6.03 Å². The summed E-state index contributed by atoms with van der Waals surface area (Å²) < 4.78 is 6.14. The van der Waals surface area contributed by atoms with Crippen LogP contribution in [0, 0.1) is 18.3 Å². The van der Waals surface area contributed by atoms with E-state index in [2.05, 4.69) is 28.3 Å². The molecule has 0 radical (unpaired) electrons. The molecule has 0 atom stereocenters. The fourth-order valence-electron chi connectivity index (χ4n) is 3.72. The lowest BCUT2D eigenvalue weighted by Crippen LogP contribution is -2.65. The molecule has 0 saturated carbocycles. The standard InChI is InChI=1S/C24H28N6O2/c1-3-4-9-27-23-17(2)6-5-7-21(23)32-20-15-30(16-20)24(31)28-19-13-29(14-19)22-11-18(12-25)8-10-26-22/h5-11,19-20H,3-4,13-16H2,1-2H3,(H,28,31). The summed E-state index contributed by atoms with van der Waals surface area (Å²) in [7, 11) is 0. The summed E-state index contributed by atoms with van der Waals surface area (Å²) in [6.07, 6.45) is 5.53. The van der Waals surface area contributed by atoms with Gasteiger partial charge in [-0.05, 0) is 37.1 Å². The van der Waals surface area contributed by atoms with Crippen molar-refractivity contribution in [2.45, 2.75) is 38.8 Å². The molecule has 0 unspecified atom stereocenters. The molecule has 2 aliphatic rings. The first-order valence-corrected chi connectivity index (χ1v) is 11.0. The summed E-state index contributed by atoms with van der Waals surface area (Å²) >= 11 is 0. The maximum atomic E-state index is 12.5. The van der Waals surface area contributed by atoms with Crippen molar-refractivity contribution in [1.82, 2.24) is 15.2 Å². The lowest BCUT2D eigenvalue weighted by molar-refractivity contribution is 0.0434. The van der Waals surface area contributed by atoms with Gasteiger partial charge in [0.1, 0.15) is 23.4 Å². The van der Waals surface area contributed by atoms with Crippen molar-refractivity contribution in [3.8, 4) is 11.8 Å². The highest BCUT2D eigenvalue weighted by atomic mass is 16.5. The highest BCUT2D eigenvalue weighted by Gasteiger charge is 2.36. The fraction of sp³-hybridized carbons (Fsp3) is 0.417. The molecule has 8 nitrogen and oxygen atoms in total. The van der Waals surface area contributed by atoms with Crippen molar-refractivity contribution in [3.05, 3.63) is 47.7 Å². The second kappa shape index (κ2) is 9.69. The first kappa shape index (κ1) is 21.6. The Morgan fingerprint density at radius 1 is 1.34 bits per heavy atom. The van der Waals surface area contributed by atoms with Crippen LogP contribution in [0.25, 0.3) is 0 Å². The monoisotopic (exact) mass is 432 g/mol. The number of unbranched alkanes of at least 4 members (excludes halogenated alkanes) is 1. The van der Waals surface area contributed by atoms with Crippen molar-refractivity contribution in [3.63, 3.8) is 0 Å². The van der Waals surface area contributed by atoms with Crippen LogP contribution < -0.4 is 15.0 Å². The smallest absolute Gasteiger partial charge is 0.317 e. The van der Waals surface area contributed by atoms with Crippen LogP contribution in [-0.4, -0.2) is 60.5 Å². The van der Waals surface area contributed by atoms with E-state index in [9.17, 15) is 4.79 Å². The lowest BCUT2D eigenvalue weighted by atomic mass is 10.1. The molecule has 1 N–H and O–H groups in total. The number of aliphatic imine (C=N–C) groups is 1. The zero-order valence-corrected chi connectivity index (χ0v) is 18.5. The van der Waals surface area contributed by atoms with E-state index in [1.165, 1.54) is 0 Å². The van der Waals surface area contributed by atoms with Gasteiger partial charge in [0.15, 0.2) is 0 Å². The number of nitrogens with one attached hydrogen (secondary N) is 1. The molecule has 0 bridgehead atoms. The number of para-hydroxylation sites is 1. The number of urea groups is 1. The number of nitriles is 1. The van der Waals surface area contributed by atoms with Crippen molar-refractivity contribution in [1.29, 1.82) is 5.26 Å². The maximum Gasteiger partial charge on any atom is 0.317 e. The number of amides is 2. The van der Waals surface area contributed by atoms with E-state index >= 15 is 0 Å². The number of aromatic nitrogens is 1. The Morgan fingerprint density at radius 3 is 2.91 bits per heavy atom. The van der Waals surface area contributed by atoms with Crippen molar-refractivity contribution < 1.29 is 9.53 Å². The predicted octanol–water partition coefficient (Wildman–Crippen LogP) is 3.43. The van der Waals surface area contributed by atoms with Gasteiger partial charge in [-0.25, -0.2) is 9.78 Å². The Morgan fingerprint density at radius 2 is 2.16 bits per heavy atom.